The third-order valence-corrected chi connectivity index (χ3v) is 14.6. The molecule has 496 valence electrons. The first-order valence-corrected chi connectivity index (χ1v) is 29.9. The maximum Gasteiger partial charge on any atom is 0.303 e. The molecule has 0 spiro atoms. The first kappa shape index (κ1) is 74.9. The van der Waals surface area contributed by atoms with Crippen LogP contribution in [0.25, 0.3) is 0 Å². The minimum absolute atomic E-state index is 0.0150. The molecule has 3 rings (SSSR count). The molecule has 11 amide bonds. The second-order valence-corrected chi connectivity index (χ2v) is 22.6. The van der Waals surface area contributed by atoms with Crippen LogP contribution in [-0.2, 0) is 64.0 Å². The van der Waals surface area contributed by atoms with E-state index in [1.807, 2.05) is 12.2 Å². The number of phenolic OH excluding ortho intramolecular Hbond substituents is 1. The number of hydrogen-bond donors (Lipinski definition) is 17. The van der Waals surface area contributed by atoms with E-state index in [9.17, 15) is 72.9 Å². The number of aromatic hydroxyl groups is 1. The first-order valence-electron chi connectivity index (χ1n) is 29.9. The number of carboxylic acid groups (broad SMARTS) is 1. The molecule has 90 heavy (non-hydrogen) atoms. The van der Waals surface area contributed by atoms with Crippen LogP contribution in [0.3, 0.4) is 0 Å². The van der Waals surface area contributed by atoms with Gasteiger partial charge in [-0.1, -0.05) is 89.0 Å². The van der Waals surface area contributed by atoms with Crippen molar-refractivity contribution < 1.29 is 72.9 Å². The molecule has 1 saturated carbocycles. The molecular formula is C60H91N15O15. The largest absolute Gasteiger partial charge is 0.508 e. The molecule has 1 heterocycles. The second-order valence-electron chi connectivity index (χ2n) is 22.6. The van der Waals surface area contributed by atoms with Gasteiger partial charge in [-0.25, -0.2) is 0 Å². The fourth-order valence-corrected chi connectivity index (χ4v) is 9.78. The molecule has 0 bridgehead atoms. The van der Waals surface area contributed by atoms with E-state index in [0.29, 0.717) is 36.1 Å². The molecule has 1 aliphatic heterocycles. The number of aliphatic hydroxyl groups excluding tert-OH is 1. The number of carboxylic acids is 1. The number of primary amides is 2. The summed E-state index contributed by atoms with van der Waals surface area (Å²) in [5, 5.41) is 58.5. The molecule has 0 radical (unpaired) electrons. The smallest absolute Gasteiger partial charge is 0.303 e. The second kappa shape index (κ2) is 38.8. The molecule has 1 fully saturated rings. The van der Waals surface area contributed by atoms with Crippen LogP contribution in [-0.4, -0.2) is 173 Å². The number of benzene rings is 1. The number of aliphatic imine (C=N–C) groups is 1. The topological polar surface area (TPSA) is 488 Å². The monoisotopic (exact) mass is 1260 g/mol. The predicted octanol–water partition coefficient (Wildman–Crippen LogP) is -2.57. The van der Waals surface area contributed by atoms with Gasteiger partial charge in [0.2, 0.25) is 65.0 Å². The van der Waals surface area contributed by atoms with Gasteiger partial charge in [-0.3, -0.25) is 62.5 Å². The van der Waals surface area contributed by atoms with E-state index < -0.39 is 151 Å². The minimum Gasteiger partial charge on any atom is -0.508 e. The van der Waals surface area contributed by atoms with Crippen LogP contribution in [0, 0.1) is 11.8 Å². The van der Waals surface area contributed by atoms with Gasteiger partial charge in [-0.2, -0.15) is 0 Å². The van der Waals surface area contributed by atoms with Crippen molar-refractivity contribution in [3.8, 4) is 5.75 Å². The SMILES string of the molecule is C=C1/C=C\C=C/CNC=C1C[C@H](NC(=O)[C@H](CCCNC(N)=NC)NC(=O)[C@H](CC(C)C)NC(=O)CNC(=O)[C@H](CC1CCCCC1)NC(=O)[C@@H](NC(=O)[C@H](CC(N)=O)NC(=O)[C@H](CCC(=O)O)NC(=O)[C@@H](Cc1ccc(O)cc1)NC(C)=O)[C@@H](C)O)C(N)=O. The van der Waals surface area contributed by atoms with Gasteiger partial charge in [0.1, 0.15) is 54.1 Å². The Morgan fingerprint density at radius 2 is 1.27 bits per heavy atom. The Labute approximate surface area is 523 Å². The van der Waals surface area contributed by atoms with E-state index in [2.05, 4.69) is 70.1 Å². The van der Waals surface area contributed by atoms with Crippen molar-refractivity contribution in [2.75, 3.05) is 26.7 Å². The molecule has 1 aromatic carbocycles. The number of nitrogens with one attached hydrogen (secondary N) is 11. The van der Waals surface area contributed by atoms with Gasteiger partial charge in [0, 0.05) is 52.5 Å². The van der Waals surface area contributed by atoms with E-state index in [1.54, 1.807) is 32.2 Å². The Morgan fingerprint density at radius 1 is 0.678 bits per heavy atom. The molecule has 0 aromatic heterocycles. The summed E-state index contributed by atoms with van der Waals surface area (Å²) < 4.78 is 0. The summed E-state index contributed by atoms with van der Waals surface area (Å²) in [6.07, 6.45) is 9.11. The van der Waals surface area contributed by atoms with Gasteiger partial charge >= 0.3 is 5.97 Å². The van der Waals surface area contributed by atoms with Gasteiger partial charge in [-0.05, 0) is 79.7 Å². The number of hydrogen-bond acceptors (Lipinski definition) is 16. The van der Waals surface area contributed by atoms with Gasteiger partial charge in [0.25, 0.3) is 0 Å². The summed E-state index contributed by atoms with van der Waals surface area (Å²) in [5.41, 5.74) is 18.7. The van der Waals surface area contributed by atoms with Crippen LogP contribution in [0.4, 0.5) is 0 Å². The van der Waals surface area contributed by atoms with Crippen molar-refractivity contribution in [3.63, 3.8) is 0 Å². The quantitative estimate of drug-likeness (QED) is 0.0187. The molecule has 2 aliphatic rings. The summed E-state index contributed by atoms with van der Waals surface area (Å²) in [6.45, 7) is 9.88. The third-order valence-electron chi connectivity index (χ3n) is 14.6. The highest BCUT2D eigenvalue weighted by molar-refractivity contribution is 5.99. The van der Waals surface area contributed by atoms with Gasteiger partial charge in [0.05, 0.1) is 19.1 Å². The maximum atomic E-state index is 14.2. The standard InChI is InChI=1S/C60H91N15O15/c1-33(2)26-44(56(87)70-41(17-13-25-66-60(63)64-6)54(85)72-43(52(62)83)29-39-31-65-24-12-8-9-14-34(39)3)69-49(80)32-67-53(84)45(27-37-15-10-7-11-16-37)74-59(90)51(35(4)76)75-58(89)47(30-48(61)79)73-55(86)42(22-23-50(81)82)71-57(88)46(68-36(5)77)28-38-18-20-40(78)21-19-38/h8-9,12,14,18-21,31,33,35,37,41-47,51,65,76,78H,3,7,10-11,13,15-17,22-30,32H2,1-2,4-6H3,(H2,61,79)(H2,62,83)(H,67,84)(H,68,77)(H,69,80)(H,70,87)(H,71,88)(H,72,85)(H,73,86)(H,74,90)(H,75,89)(H,81,82)(H3,63,64,66)/b12-8-,14-9-,39-31?/t35-,41+,42+,43+,44+,45+,46-,47+,51+/m1/s1. The number of nitrogens with zero attached hydrogens (tertiary/aromatic N) is 1. The number of aliphatic carboxylic acids is 1. The van der Waals surface area contributed by atoms with E-state index >= 15 is 0 Å². The summed E-state index contributed by atoms with van der Waals surface area (Å²) in [6, 6.07) is -6.33. The number of carbonyl (C=O) groups is 12. The zero-order valence-electron chi connectivity index (χ0n) is 51.7. The Morgan fingerprint density at radius 3 is 1.86 bits per heavy atom. The highest BCUT2D eigenvalue weighted by Gasteiger charge is 2.37. The van der Waals surface area contributed by atoms with Gasteiger partial charge in [0.15, 0.2) is 5.96 Å². The van der Waals surface area contributed by atoms with Crippen LogP contribution in [0.5, 0.6) is 5.75 Å². The predicted molar refractivity (Wildman–Crippen MR) is 331 cm³/mol. The van der Waals surface area contributed by atoms with E-state index in [0.717, 1.165) is 33.1 Å². The lowest BCUT2D eigenvalue weighted by molar-refractivity contribution is -0.139. The molecular weight excluding hydrogens is 1170 g/mol. The summed E-state index contributed by atoms with van der Waals surface area (Å²) in [7, 11) is 1.48. The Bertz CT molecular complexity index is 2820. The number of guanidine groups is 1. The molecule has 1 aliphatic carbocycles. The number of carbonyl (C=O) groups excluding carboxylic acids is 11. The van der Waals surface area contributed by atoms with Crippen molar-refractivity contribution in [1.29, 1.82) is 0 Å². The van der Waals surface area contributed by atoms with Crippen LogP contribution >= 0.6 is 0 Å². The van der Waals surface area contributed by atoms with Crippen LogP contribution in [0.1, 0.15) is 117 Å². The van der Waals surface area contributed by atoms with Crippen molar-refractivity contribution in [2.24, 2.45) is 34.0 Å². The minimum atomic E-state index is -1.90. The van der Waals surface area contributed by atoms with E-state index in [-0.39, 0.29) is 68.6 Å². The number of amides is 11. The third kappa shape index (κ3) is 28.2. The van der Waals surface area contributed by atoms with Crippen LogP contribution in [0.15, 0.2) is 77.5 Å². The average Bonchev–Trinajstić information content (AvgIpc) is 2.18. The molecule has 30 nitrogen and oxygen atoms in total. The zero-order chi connectivity index (χ0) is 67.0. The van der Waals surface area contributed by atoms with Crippen molar-refractivity contribution in [2.45, 2.75) is 172 Å². The van der Waals surface area contributed by atoms with Crippen LogP contribution in [0.2, 0.25) is 0 Å². The molecule has 1 aromatic rings. The number of nitrogens with two attached hydrogens (primary N) is 3. The van der Waals surface area contributed by atoms with E-state index in [1.165, 1.54) is 31.3 Å². The van der Waals surface area contributed by atoms with Gasteiger partial charge in [-0.15, -0.1) is 0 Å². The Balaban J connectivity index is 1.83. The lowest BCUT2D eigenvalue weighted by Crippen LogP contribution is -2.61. The zero-order valence-corrected chi connectivity index (χ0v) is 51.7. The van der Waals surface area contributed by atoms with Crippen molar-refractivity contribution >= 4 is 76.9 Å². The number of rotatable bonds is 36. The Hall–Kier alpha value is -9.35. The molecule has 30 heteroatoms. The lowest BCUT2D eigenvalue weighted by atomic mass is 9.84. The van der Waals surface area contributed by atoms with Crippen molar-refractivity contribution in [1.82, 2.24) is 58.5 Å². The molecule has 9 atom stereocenters. The van der Waals surface area contributed by atoms with Crippen LogP contribution < -0.4 is 75.7 Å². The summed E-state index contributed by atoms with van der Waals surface area (Å²) in [5.74, 6) is -12.0. The fourth-order valence-electron chi connectivity index (χ4n) is 9.78. The highest BCUT2D eigenvalue weighted by atomic mass is 16.4. The first-order chi connectivity index (χ1) is 42.6. The molecule has 20 N–H and O–H groups in total. The summed E-state index contributed by atoms with van der Waals surface area (Å²) in [4.78, 5) is 165. The molecule has 0 saturated heterocycles. The molecule has 0 unspecified atom stereocenters. The average molecular weight is 1260 g/mol. The number of phenols is 1. The maximum absolute atomic E-state index is 14.2. The van der Waals surface area contributed by atoms with E-state index in [4.69, 9.17) is 17.2 Å². The normalized spacial score (nSPS) is 17.2. The fraction of sp³-hybridized carbons (Fsp3) is 0.550. The lowest BCUT2D eigenvalue weighted by Gasteiger charge is -2.29. The number of aliphatic hydroxyl groups is 1. The Kier molecular flexibility index (Phi) is 32.3. The summed E-state index contributed by atoms with van der Waals surface area (Å²) >= 11 is 0. The highest BCUT2D eigenvalue weighted by Crippen LogP contribution is 2.28. The number of allylic oxidation sites excluding steroid dienone is 4. The van der Waals surface area contributed by atoms with Crippen molar-refractivity contribution in [3.05, 3.63) is 78.1 Å². The van der Waals surface area contributed by atoms with Gasteiger partial charge < -0.3 is 91.0 Å².